The van der Waals surface area contributed by atoms with Crippen LogP contribution in [-0.2, 0) is 16.6 Å². The third-order valence-electron chi connectivity index (χ3n) is 4.37. The molecule has 0 heterocycles. The Morgan fingerprint density at radius 3 is 2.24 bits per heavy atom. The van der Waals surface area contributed by atoms with E-state index in [1.165, 1.54) is 35.6 Å². The number of nitriles is 1. The number of benzene rings is 3. The van der Waals surface area contributed by atoms with Crippen LogP contribution in [0.15, 0.2) is 83.8 Å². The second-order valence-corrected chi connectivity index (χ2v) is 8.43. The Balaban J connectivity index is 1.75. The predicted molar refractivity (Wildman–Crippen MR) is 111 cm³/mol. The molecule has 3 rings (SSSR count). The summed E-state index contributed by atoms with van der Waals surface area (Å²) in [7, 11) is -2.17. The number of carbonyl (C=O) groups excluding carboxylic acids is 1. The van der Waals surface area contributed by atoms with E-state index in [2.05, 4.69) is 5.32 Å². The highest BCUT2D eigenvalue weighted by Gasteiger charge is 2.21. The highest BCUT2D eigenvalue weighted by Crippen LogP contribution is 2.19. The van der Waals surface area contributed by atoms with Crippen LogP contribution in [0.2, 0.25) is 0 Å². The number of sulfonamides is 1. The Kier molecular flexibility index (Phi) is 6.07. The average Bonchev–Trinajstić information content (AvgIpc) is 2.75. The second kappa shape index (κ2) is 8.69. The zero-order valence-corrected chi connectivity index (χ0v) is 16.6. The molecule has 0 saturated carbocycles. The lowest BCUT2D eigenvalue weighted by Crippen LogP contribution is -2.26. The third kappa shape index (κ3) is 4.69. The molecule has 1 N–H and O–H groups in total. The van der Waals surface area contributed by atoms with Crippen LogP contribution in [0.3, 0.4) is 0 Å². The molecule has 0 spiro atoms. The highest BCUT2D eigenvalue weighted by molar-refractivity contribution is 7.89. The summed E-state index contributed by atoms with van der Waals surface area (Å²) in [5.74, 6) is -0.422. The van der Waals surface area contributed by atoms with Gasteiger partial charge in [-0.3, -0.25) is 4.79 Å². The Morgan fingerprint density at radius 1 is 0.966 bits per heavy atom. The van der Waals surface area contributed by atoms with Crippen molar-refractivity contribution in [2.24, 2.45) is 0 Å². The number of nitrogens with one attached hydrogen (secondary N) is 1. The van der Waals surface area contributed by atoms with Crippen LogP contribution in [0, 0.1) is 11.3 Å². The SMILES string of the molecule is CN(Cc1ccccc1)S(=O)(=O)c1ccc(C(=O)Nc2ccccc2C#N)cc1. The number of hydrogen-bond donors (Lipinski definition) is 1. The Hall–Kier alpha value is -3.47. The number of carbonyl (C=O) groups is 1. The van der Waals surface area contributed by atoms with Crippen molar-refractivity contribution in [2.45, 2.75) is 11.4 Å². The minimum absolute atomic E-state index is 0.102. The molecule has 0 bridgehead atoms. The maximum absolute atomic E-state index is 12.8. The van der Waals surface area contributed by atoms with Gasteiger partial charge < -0.3 is 5.32 Å². The molecule has 0 aliphatic carbocycles. The molecule has 1 amide bonds. The van der Waals surface area contributed by atoms with E-state index in [1.807, 2.05) is 36.4 Å². The van der Waals surface area contributed by atoms with Gasteiger partial charge in [-0.2, -0.15) is 9.57 Å². The Bertz CT molecular complexity index is 1150. The smallest absolute Gasteiger partial charge is 0.255 e. The van der Waals surface area contributed by atoms with Gasteiger partial charge in [-0.25, -0.2) is 8.42 Å². The molecule has 0 aliphatic rings. The first-order chi connectivity index (χ1) is 13.9. The molecule has 3 aromatic rings. The van der Waals surface area contributed by atoms with E-state index < -0.39 is 15.9 Å². The Morgan fingerprint density at radius 2 is 1.59 bits per heavy atom. The number of hydrogen-bond acceptors (Lipinski definition) is 4. The summed E-state index contributed by atoms with van der Waals surface area (Å²) in [5, 5.41) is 11.8. The molecule has 7 heteroatoms. The normalized spacial score (nSPS) is 11.1. The van der Waals surface area contributed by atoms with Crippen LogP contribution in [0.5, 0.6) is 0 Å². The van der Waals surface area contributed by atoms with Crippen molar-refractivity contribution in [1.29, 1.82) is 5.26 Å². The summed E-state index contributed by atoms with van der Waals surface area (Å²) in [6.45, 7) is 0.246. The summed E-state index contributed by atoms with van der Waals surface area (Å²) in [6, 6.07) is 23.7. The minimum Gasteiger partial charge on any atom is -0.321 e. The van der Waals surface area contributed by atoms with E-state index in [1.54, 1.807) is 24.3 Å². The number of anilines is 1. The summed E-state index contributed by atoms with van der Waals surface area (Å²) in [6.07, 6.45) is 0. The molecule has 6 nitrogen and oxygen atoms in total. The molecule has 3 aromatic carbocycles. The van der Waals surface area contributed by atoms with E-state index in [0.29, 0.717) is 16.8 Å². The monoisotopic (exact) mass is 405 g/mol. The number of para-hydroxylation sites is 1. The maximum Gasteiger partial charge on any atom is 0.255 e. The van der Waals surface area contributed by atoms with E-state index in [9.17, 15) is 13.2 Å². The van der Waals surface area contributed by atoms with Crippen molar-refractivity contribution in [1.82, 2.24) is 4.31 Å². The van der Waals surface area contributed by atoms with Crippen molar-refractivity contribution >= 4 is 21.6 Å². The summed E-state index contributed by atoms with van der Waals surface area (Å²) in [4.78, 5) is 12.5. The lowest BCUT2D eigenvalue weighted by atomic mass is 10.1. The lowest BCUT2D eigenvalue weighted by Gasteiger charge is -2.17. The van der Waals surface area contributed by atoms with E-state index in [0.717, 1.165) is 5.56 Å². The summed E-state index contributed by atoms with van der Waals surface area (Å²) >= 11 is 0. The van der Waals surface area contributed by atoms with Crippen LogP contribution in [0.25, 0.3) is 0 Å². The van der Waals surface area contributed by atoms with Crippen molar-refractivity contribution in [3.05, 3.63) is 95.6 Å². The van der Waals surface area contributed by atoms with E-state index in [-0.39, 0.29) is 11.4 Å². The molecule has 146 valence electrons. The van der Waals surface area contributed by atoms with Crippen LogP contribution >= 0.6 is 0 Å². The van der Waals surface area contributed by atoms with Gasteiger partial charge in [0.1, 0.15) is 6.07 Å². The quantitative estimate of drug-likeness (QED) is 0.678. The van der Waals surface area contributed by atoms with Gasteiger partial charge in [-0.15, -0.1) is 0 Å². The minimum atomic E-state index is -3.69. The predicted octanol–water partition coefficient (Wildman–Crippen LogP) is 3.63. The van der Waals surface area contributed by atoms with E-state index in [4.69, 9.17) is 5.26 Å². The van der Waals surface area contributed by atoms with Gasteiger partial charge in [0.2, 0.25) is 10.0 Å². The van der Waals surface area contributed by atoms with Gasteiger partial charge in [-0.1, -0.05) is 42.5 Å². The Labute approximate surface area is 170 Å². The molecular formula is C22H19N3O3S. The van der Waals surface area contributed by atoms with Crippen LogP contribution in [-0.4, -0.2) is 25.7 Å². The molecule has 0 fully saturated rings. The molecule has 0 aliphatic heterocycles. The van der Waals surface area contributed by atoms with Gasteiger partial charge in [0, 0.05) is 19.2 Å². The van der Waals surface area contributed by atoms with Gasteiger partial charge in [-0.05, 0) is 42.0 Å². The summed E-state index contributed by atoms with van der Waals surface area (Å²) in [5.41, 5.74) is 1.93. The van der Waals surface area contributed by atoms with Gasteiger partial charge in [0.05, 0.1) is 16.1 Å². The van der Waals surface area contributed by atoms with Crippen molar-refractivity contribution in [3.63, 3.8) is 0 Å². The highest BCUT2D eigenvalue weighted by atomic mass is 32.2. The van der Waals surface area contributed by atoms with Crippen LogP contribution in [0.4, 0.5) is 5.69 Å². The van der Waals surface area contributed by atoms with Crippen LogP contribution < -0.4 is 5.32 Å². The van der Waals surface area contributed by atoms with Gasteiger partial charge >= 0.3 is 0 Å². The van der Waals surface area contributed by atoms with Gasteiger partial charge in [0.25, 0.3) is 5.91 Å². The van der Waals surface area contributed by atoms with Crippen molar-refractivity contribution < 1.29 is 13.2 Å². The molecule has 0 unspecified atom stereocenters. The molecule has 0 saturated heterocycles. The fourth-order valence-electron chi connectivity index (χ4n) is 2.77. The zero-order valence-electron chi connectivity index (χ0n) is 15.7. The lowest BCUT2D eigenvalue weighted by molar-refractivity contribution is 0.102. The molecule has 0 atom stereocenters. The third-order valence-corrected chi connectivity index (χ3v) is 6.19. The first-order valence-electron chi connectivity index (χ1n) is 8.82. The van der Waals surface area contributed by atoms with Crippen molar-refractivity contribution in [2.75, 3.05) is 12.4 Å². The molecule has 0 aromatic heterocycles. The number of nitrogens with zero attached hydrogens (tertiary/aromatic N) is 2. The molecule has 29 heavy (non-hydrogen) atoms. The topological polar surface area (TPSA) is 90.3 Å². The fraction of sp³-hybridized carbons (Fsp3) is 0.0909. The van der Waals surface area contributed by atoms with Gasteiger partial charge in [0.15, 0.2) is 0 Å². The molecule has 0 radical (unpaired) electrons. The standard InChI is InChI=1S/C22H19N3O3S/c1-25(16-17-7-3-2-4-8-17)29(27,28)20-13-11-18(12-14-20)22(26)24-21-10-6-5-9-19(21)15-23/h2-14H,16H2,1H3,(H,24,26). The van der Waals surface area contributed by atoms with E-state index >= 15 is 0 Å². The molecular weight excluding hydrogens is 386 g/mol. The number of rotatable bonds is 6. The first kappa shape index (κ1) is 20.3. The number of amides is 1. The largest absolute Gasteiger partial charge is 0.321 e. The maximum atomic E-state index is 12.8. The first-order valence-corrected chi connectivity index (χ1v) is 10.3. The summed E-state index contributed by atoms with van der Waals surface area (Å²) < 4.78 is 26.8. The average molecular weight is 405 g/mol. The second-order valence-electron chi connectivity index (χ2n) is 6.38. The van der Waals surface area contributed by atoms with Crippen molar-refractivity contribution in [3.8, 4) is 6.07 Å². The van der Waals surface area contributed by atoms with Crippen LogP contribution in [0.1, 0.15) is 21.5 Å². The fourth-order valence-corrected chi connectivity index (χ4v) is 3.93. The zero-order chi connectivity index (χ0) is 20.9.